The van der Waals surface area contributed by atoms with Gasteiger partial charge in [-0.15, -0.1) is 0 Å². The zero-order chi connectivity index (χ0) is 21.3. The first-order valence-electron chi connectivity index (χ1n) is 10.5. The Bertz CT molecular complexity index is 1180. The number of rotatable bonds is 5. The minimum absolute atomic E-state index is 0.0464. The lowest BCUT2D eigenvalue weighted by atomic mass is 10.0. The van der Waals surface area contributed by atoms with Crippen LogP contribution >= 0.6 is 0 Å². The van der Waals surface area contributed by atoms with E-state index in [1.807, 2.05) is 60.4 Å². The molecule has 5 nitrogen and oxygen atoms in total. The highest BCUT2D eigenvalue weighted by atomic mass is 32.2. The van der Waals surface area contributed by atoms with Gasteiger partial charge in [0.2, 0.25) is 5.91 Å². The molecule has 0 radical (unpaired) electrons. The molecule has 1 saturated heterocycles. The van der Waals surface area contributed by atoms with Crippen LogP contribution in [0.2, 0.25) is 0 Å². The van der Waals surface area contributed by atoms with Crippen molar-refractivity contribution in [1.82, 2.24) is 9.47 Å². The van der Waals surface area contributed by atoms with Crippen molar-refractivity contribution < 1.29 is 13.2 Å². The zero-order valence-electron chi connectivity index (χ0n) is 17.5. The van der Waals surface area contributed by atoms with Gasteiger partial charge in [-0.05, 0) is 42.9 Å². The maximum Gasteiger partial charge on any atom is 0.242 e. The van der Waals surface area contributed by atoms with E-state index in [0.717, 1.165) is 42.6 Å². The quantitative estimate of drug-likeness (QED) is 0.617. The van der Waals surface area contributed by atoms with Gasteiger partial charge in [-0.1, -0.05) is 49.4 Å². The van der Waals surface area contributed by atoms with Gasteiger partial charge in [0, 0.05) is 30.2 Å². The third-order valence-electron chi connectivity index (χ3n) is 6.01. The summed E-state index contributed by atoms with van der Waals surface area (Å²) in [7, 11) is -3.56. The Labute approximate surface area is 178 Å². The highest BCUT2D eigenvalue weighted by Crippen LogP contribution is 2.29. The molecule has 0 saturated carbocycles. The summed E-state index contributed by atoms with van der Waals surface area (Å²) in [6, 6.07) is 15.0. The van der Waals surface area contributed by atoms with E-state index in [9.17, 15) is 13.2 Å². The molecule has 1 aliphatic heterocycles. The van der Waals surface area contributed by atoms with E-state index in [-0.39, 0.29) is 18.2 Å². The van der Waals surface area contributed by atoms with Crippen LogP contribution in [0.15, 0.2) is 59.6 Å². The van der Waals surface area contributed by atoms with Gasteiger partial charge >= 0.3 is 0 Å². The van der Waals surface area contributed by atoms with E-state index in [1.54, 1.807) is 10.8 Å². The number of benzene rings is 2. The Balaban J connectivity index is 1.67. The lowest BCUT2D eigenvalue weighted by Gasteiger charge is -2.31. The van der Waals surface area contributed by atoms with Crippen LogP contribution in [0.4, 0.5) is 0 Å². The minimum Gasteiger partial charge on any atom is -0.341 e. The van der Waals surface area contributed by atoms with Crippen molar-refractivity contribution in [2.75, 3.05) is 13.1 Å². The summed E-state index contributed by atoms with van der Waals surface area (Å²) < 4.78 is 28.4. The fourth-order valence-electron chi connectivity index (χ4n) is 4.31. The number of aromatic nitrogens is 1. The fourth-order valence-corrected chi connectivity index (χ4v) is 5.99. The first kappa shape index (κ1) is 20.7. The van der Waals surface area contributed by atoms with Gasteiger partial charge in [0.25, 0.3) is 0 Å². The van der Waals surface area contributed by atoms with Crippen LogP contribution in [0.3, 0.4) is 0 Å². The molecule has 0 bridgehead atoms. The summed E-state index contributed by atoms with van der Waals surface area (Å²) in [6.07, 6.45) is 3.82. The lowest BCUT2D eigenvalue weighted by molar-refractivity contribution is -0.133. The van der Waals surface area contributed by atoms with Crippen molar-refractivity contribution in [1.29, 1.82) is 0 Å². The molecule has 158 valence electrons. The summed E-state index contributed by atoms with van der Waals surface area (Å²) in [4.78, 5) is 15.1. The van der Waals surface area contributed by atoms with Crippen LogP contribution in [0.1, 0.15) is 30.9 Å². The molecule has 3 aromatic rings. The lowest BCUT2D eigenvalue weighted by Crippen LogP contribution is -2.40. The molecule has 0 N–H and O–H groups in total. The number of sulfone groups is 1. The van der Waals surface area contributed by atoms with Gasteiger partial charge in [-0.2, -0.15) is 0 Å². The van der Waals surface area contributed by atoms with Gasteiger partial charge in [0.15, 0.2) is 9.84 Å². The molecule has 1 amide bonds. The first-order valence-corrected chi connectivity index (χ1v) is 12.1. The molecule has 30 heavy (non-hydrogen) atoms. The van der Waals surface area contributed by atoms with Gasteiger partial charge in [-0.3, -0.25) is 4.79 Å². The summed E-state index contributed by atoms with van der Waals surface area (Å²) in [5.74, 6) is 0.505. The standard InChI is InChI=1S/C24H28N2O3S/c1-18-8-7-13-25(14-18)24(27)16-26-15-23(21-11-5-6-12-22(21)26)30(28,29)17-20-10-4-3-9-19(20)2/h3-6,9-12,15,18H,7-8,13-14,16-17H2,1-2H3. The van der Waals surface area contributed by atoms with Gasteiger partial charge < -0.3 is 9.47 Å². The molecule has 1 unspecified atom stereocenters. The SMILES string of the molecule is Cc1ccccc1CS(=O)(=O)c1cn(CC(=O)N2CCCC(C)C2)c2ccccc12. The van der Waals surface area contributed by atoms with Crippen molar-refractivity contribution >= 4 is 26.6 Å². The van der Waals surface area contributed by atoms with Crippen LogP contribution in [0, 0.1) is 12.8 Å². The number of amides is 1. The van der Waals surface area contributed by atoms with Crippen molar-refractivity contribution in [3.05, 3.63) is 65.9 Å². The molecule has 6 heteroatoms. The molecule has 0 aliphatic carbocycles. The summed E-state index contributed by atoms with van der Waals surface area (Å²) in [5.41, 5.74) is 2.53. The van der Waals surface area contributed by atoms with Crippen molar-refractivity contribution in [3.63, 3.8) is 0 Å². The number of fused-ring (bicyclic) bond motifs is 1. The highest BCUT2D eigenvalue weighted by molar-refractivity contribution is 7.90. The van der Waals surface area contributed by atoms with E-state index in [0.29, 0.717) is 16.2 Å². The van der Waals surface area contributed by atoms with Crippen LogP contribution in [-0.4, -0.2) is 36.9 Å². The second-order valence-corrected chi connectivity index (χ2v) is 10.4. The molecule has 0 spiro atoms. The fraction of sp³-hybridized carbons (Fsp3) is 0.375. The maximum absolute atomic E-state index is 13.3. The Morgan fingerprint density at radius 2 is 1.83 bits per heavy atom. The molecule has 1 aliphatic rings. The molecule has 2 aromatic carbocycles. The van der Waals surface area contributed by atoms with Crippen molar-refractivity contribution in [2.24, 2.45) is 5.92 Å². The highest BCUT2D eigenvalue weighted by Gasteiger charge is 2.25. The third kappa shape index (κ3) is 4.15. The number of para-hydroxylation sites is 1. The van der Waals surface area contributed by atoms with Gasteiger partial charge in [-0.25, -0.2) is 8.42 Å². The molecule has 2 heterocycles. The molecule has 4 rings (SSSR count). The number of nitrogens with zero attached hydrogens (tertiary/aromatic N) is 2. The normalized spacial score (nSPS) is 17.4. The van der Waals surface area contributed by atoms with Crippen LogP contribution in [0.5, 0.6) is 0 Å². The average molecular weight is 425 g/mol. The average Bonchev–Trinajstić information content (AvgIpc) is 3.09. The Hall–Kier alpha value is -2.60. The Morgan fingerprint density at radius 1 is 1.10 bits per heavy atom. The molecule has 1 aromatic heterocycles. The smallest absolute Gasteiger partial charge is 0.242 e. The largest absolute Gasteiger partial charge is 0.341 e. The second-order valence-electron chi connectivity index (χ2n) is 8.41. The molecular formula is C24H28N2O3S. The summed E-state index contributed by atoms with van der Waals surface area (Å²) >= 11 is 0. The Morgan fingerprint density at radius 3 is 2.60 bits per heavy atom. The maximum atomic E-state index is 13.3. The predicted octanol–water partition coefficient (Wildman–Crippen LogP) is 4.18. The van der Waals surface area contributed by atoms with Gasteiger partial charge in [0.1, 0.15) is 6.54 Å². The summed E-state index contributed by atoms with van der Waals surface area (Å²) in [6.45, 7) is 5.80. The second kappa shape index (κ2) is 8.26. The minimum atomic E-state index is -3.56. The third-order valence-corrected chi connectivity index (χ3v) is 7.70. The number of carbonyl (C=O) groups excluding carboxylic acids is 1. The molecule has 1 fully saturated rings. The van der Waals surface area contributed by atoms with Crippen molar-refractivity contribution in [2.45, 2.75) is 43.9 Å². The number of aryl methyl sites for hydroxylation is 1. The van der Waals surface area contributed by atoms with Crippen LogP contribution in [-0.2, 0) is 26.9 Å². The van der Waals surface area contributed by atoms with Crippen LogP contribution in [0.25, 0.3) is 10.9 Å². The number of hydrogen-bond donors (Lipinski definition) is 0. The predicted molar refractivity (Wildman–Crippen MR) is 119 cm³/mol. The number of piperidine rings is 1. The Kier molecular flexibility index (Phi) is 5.69. The number of hydrogen-bond acceptors (Lipinski definition) is 3. The van der Waals surface area contributed by atoms with E-state index >= 15 is 0 Å². The molecular weight excluding hydrogens is 396 g/mol. The van der Waals surface area contributed by atoms with E-state index in [4.69, 9.17) is 0 Å². The van der Waals surface area contributed by atoms with E-state index in [2.05, 4.69) is 6.92 Å². The van der Waals surface area contributed by atoms with Gasteiger partial charge in [0.05, 0.1) is 10.6 Å². The first-order chi connectivity index (χ1) is 14.3. The topological polar surface area (TPSA) is 59.4 Å². The van der Waals surface area contributed by atoms with E-state index in [1.165, 1.54) is 0 Å². The summed E-state index contributed by atoms with van der Waals surface area (Å²) in [5, 5.41) is 0.672. The van der Waals surface area contributed by atoms with E-state index < -0.39 is 9.84 Å². The number of carbonyl (C=O) groups is 1. The van der Waals surface area contributed by atoms with Crippen molar-refractivity contribution in [3.8, 4) is 0 Å². The number of likely N-dealkylation sites (tertiary alicyclic amines) is 1. The zero-order valence-corrected chi connectivity index (χ0v) is 18.4. The van der Waals surface area contributed by atoms with Crippen LogP contribution < -0.4 is 0 Å². The molecule has 1 atom stereocenters. The monoisotopic (exact) mass is 424 g/mol.